The fraction of sp³-hybridized carbons (Fsp3) is 0.200. The molecule has 2 heteroatoms. The third kappa shape index (κ3) is 1.21. The second-order valence-corrected chi connectivity index (χ2v) is 2.76. The fourth-order valence-electron chi connectivity index (χ4n) is 1.25. The van der Waals surface area contributed by atoms with E-state index in [0.717, 1.165) is 11.3 Å². The quantitative estimate of drug-likeness (QED) is 0.616. The third-order valence-corrected chi connectivity index (χ3v) is 1.89. The van der Waals surface area contributed by atoms with E-state index >= 15 is 0 Å². The van der Waals surface area contributed by atoms with Crippen molar-refractivity contribution in [3.8, 4) is 5.75 Å². The van der Waals surface area contributed by atoms with Gasteiger partial charge in [-0.2, -0.15) is 0 Å². The zero-order valence-electron chi connectivity index (χ0n) is 6.66. The number of hydrogen-bond donors (Lipinski definition) is 0. The summed E-state index contributed by atoms with van der Waals surface area (Å²) in [5.41, 5.74) is 8.26. The van der Waals surface area contributed by atoms with Crippen molar-refractivity contribution in [2.45, 2.75) is 6.10 Å². The van der Waals surface area contributed by atoms with E-state index in [4.69, 9.17) is 10.5 Å². The lowest BCUT2D eigenvalue weighted by molar-refractivity contribution is 0.252. The molecule has 0 amide bonds. The molecule has 1 atom stereocenters. The summed E-state index contributed by atoms with van der Waals surface area (Å²) >= 11 is 0. The highest BCUT2D eigenvalue weighted by Crippen LogP contribution is 2.24. The van der Waals surface area contributed by atoms with E-state index in [1.807, 2.05) is 36.4 Å². The maximum absolute atomic E-state index is 7.16. The molecule has 0 saturated carbocycles. The number of ether oxygens (including phenoxy) is 1. The van der Waals surface area contributed by atoms with Gasteiger partial charge < -0.3 is 4.74 Å². The standard InChI is InChI=1S/C10H10NO/c11-7-9-6-5-8-3-1-2-4-10(8)12-9/h1-6,9,11H,7H2. The average molecular weight is 160 g/mol. The minimum atomic E-state index is -0.0695. The number of hydrogen-bond acceptors (Lipinski definition) is 1. The molecule has 1 aliphatic heterocycles. The fourth-order valence-corrected chi connectivity index (χ4v) is 1.25. The summed E-state index contributed by atoms with van der Waals surface area (Å²) in [4.78, 5) is 0. The van der Waals surface area contributed by atoms with Gasteiger partial charge in [0.05, 0.1) is 6.54 Å². The lowest BCUT2D eigenvalue weighted by Crippen LogP contribution is -2.21. The first-order chi connectivity index (χ1) is 5.90. The Kier molecular flexibility index (Phi) is 1.84. The van der Waals surface area contributed by atoms with Crippen molar-refractivity contribution in [2.24, 2.45) is 0 Å². The van der Waals surface area contributed by atoms with Gasteiger partial charge in [0, 0.05) is 5.56 Å². The molecule has 1 heterocycles. The van der Waals surface area contributed by atoms with Crippen LogP contribution in [0.25, 0.3) is 6.08 Å². The molecule has 1 aromatic rings. The van der Waals surface area contributed by atoms with Gasteiger partial charge in [-0.3, -0.25) is 5.73 Å². The van der Waals surface area contributed by atoms with Crippen LogP contribution in [0.4, 0.5) is 0 Å². The third-order valence-electron chi connectivity index (χ3n) is 1.89. The maximum atomic E-state index is 7.16. The lowest BCUT2D eigenvalue weighted by Gasteiger charge is -2.19. The van der Waals surface area contributed by atoms with E-state index in [2.05, 4.69) is 0 Å². The van der Waals surface area contributed by atoms with Gasteiger partial charge in [-0.25, -0.2) is 0 Å². The summed E-state index contributed by atoms with van der Waals surface area (Å²) in [6.07, 6.45) is 3.87. The van der Waals surface area contributed by atoms with E-state index in [9.17, 15) is 0 Å². The molecule has 2 rings (SSSR count). The van der Waals surface area contributed by atoms with Gasteiger partial charge >= 0.3 is 0 Å². The van der Waals surface area contributed by atoms with Crippen molar-refractivity contribution in [3.63, 3.8) is 0 Å². The normalized spacial score (nSPS) is 19.9. The summed E-state index contributed by atoms with van der Waals surface area (Å²) in [6.45, 7) is 0.283. The molecule has 0 bridgehead atoms. The molecule has 2 nitrogen and oxygen atoms in total. The number of rotatable bonds is 1. The Balaban J connectivity index is 2.33. The number of benzene rings is 1. The molecule has 1 unspecified atom stereocenters. The summed E-state index contributed by atoms with van der Waals surface area (Å²) in [6, 6.07) is 7.86. The van der Waals surface area contributed by atoms with Crippen LogP contribution in [0.3, 0.4) is 0 Å². The molecule has 0 saturated heterocycles. The molecule has 1 aromatic carbocycles. The summed E-state index contributed by atoms with van der Waals surface area (Å²) in [5.74, 6) is 0.886. The zero-order valence-corrected chi connectivity index (χ0v) is 6.66. The molecule has 1 N–H and O–H groups in total. The highest BCUT2D eigenvalue weighted by molar-refractivity contribution is 5.59. The first-order valence-electron chi connectivity index (χ1n) is 3.98. The lowest BCUT2D eigenvalue weighted by atomic mass is 10.1. The van der Waals surface area contributed by atoms with Crippen LogP contribution in [0.2, 0.25) is 0 Å². The molecule has 0 aromatic heterocycles. The van der Waals surface area contributed by atoms with Crippen molar-refractivity contribution < 1.29 is 4.74 Å². The van der Waals surface area contributed by atoms with Gasteiger partial charge in [-0.15, -0.1) is 0 Å². The molecular formula is C10H10NO. The van der Waals surface area contributed by atoms with E-state index in [1.165, 1.54) is 0 Å². The van der Waals surface area contributed by atoms with E-state index in [-0.39, 0.29) is 12.6 Å². The highest BCUT2D eigenvalue weighted by Gasteiger charge is 2.11. The highest BCUT2D eigenvalue weighted by atomic mass is 16.5. The molecule has 1 radical (unpaired) electrons. The predicted molar refractivity (Wildman–Crippen MR) is 47.9 cm³/mol. The number of nitrogens with one attached hydrogen (secondary N) is 1. The van der Waals surface area contributed by atoms with Crippen LogP contribution in [0.1, 0.15) is 5.56 Å². The smallest absolute Gasteiger partial charge is 0.131 e. The second-order valence-electron chi connectivity index (χ2n) is 2.76. The Labute approximate surface area is 71.6 Å². The summed E-state index contributed by atoms with van der Waals surface area (Å²) in [5, 5.41) is 0. The van der Waals surface area contributed by atoms with Crippen molar-refractivity contribution in [2.75, 3.05) is 6.54 Å². The minimum absolute atomic E-state index is 0.0695. The first-order valence-corrected chi connectivity index (χ1v) is 3.98. The van der Waals surface area contributed by atoms with Crippen molar-refractivity contribution in [1.29, 1.82) is 0 Å². The minimum Gasteiger partial charge on any atom is -0.484 e. The van der Waals surface area contributed by atoms with E-state index in [1.54, 1.807) is 0 Å². The summed E-state index contributed by atoms with van der Waals surface area (Å²) < 4.78 is 5.51. The van der Waals surface area contributed by atoms with Crippen molar-refractivity contribution in [1.82, 2.24) is 5.73 Å². The first kappa shape index (κ1) is 7.37. The van der Waals surface area contributed by atoms with E-state index in [0.29, 0.717) is 0 Å². The van der Waals surface area contributed by atoms with Crippen LogP contribution in [0.5, 0.6) is 5.75 Å². The van der Waals surface area contributed by atoms with Crippen molar-refractivity contribution >= 4 is 6.08 Å². The van der Waals surface area contributed by atoms with Crippen LogP contribution in [0.15, 0.2) is 30.3 Å². The average Bonchev–Trinajstić information content (AvgIpc) is 2.17. The monoisotopic (exact) mass is 160 g/mol. The molecule has 0 spiro atoms. The zero-order chi connectivity index (χ0) is 8.39. The molecule has 61 valence electrons. The Morgan fingerprint density at radius 2 is 2.17 bits per heavy atom. The predicted octanol–water partition coefficient (Wildman–Crippen LogP) is 1.74. The molecule has 12 heavy (non-hydrogen) atoms. The Morgan fingerprint density at radius 3 is 3.00 bits per heavy atom. The van der Waals surface area contributed by atoms with Crippen molar-refractivity contribution in [3.05, 3.63) is 35.9 Å². The maximum Gasteiger partial charge on any atom is 0.131 e. The van der Waals surface area contributed by atoms with E-state index < -0.39 is 0 Å². The SMILES string of the molecule is [NH]CC1C=Cc2ccccc2O1. The molecule has 0 aliphatic carbocycles. The van der Waals surface area contributed by atoms with Gasteiger partial charge in [-0.05, 0) is 12.1 Å². The number of fused-ring (bicyclic) bond motifs is 1. The number of para-hydroxylation sites is 1. The second kappa shape index (κ2) is 2.99. The Bertz CT molecular complexity index is 306. The van der Waals surface area contributed by atoms with Gasteiger partial charge in [0.25, 0.3) is 0 Å². The largest absolute Gasteiger partial charge is 0.484 e. The molecule has 1 aliphatic rings. The molecule has 0 fully saturated rings. The van der Waals surface area contributed by atoms with Crippen LogP contribution in [0, 0.1) is 0 Å². The van der Waals surface area contributed by atoms with Gasteiger partial charge in [0.2, 0.25) is 0 Å². The van der Waals surface area contributed by atoms with Crippen LogP contribution >= 0.6 is 0 Å². The molecular weight excluding hydrogens is 150 g/mol. The Morgan fingerprint density at radius 1 is 1.33 bits per heavy atom. The van der Waals surface area contributed by atoms with Gasteiger partial charge in [0.15, 0.2) is 0 Å². The van der Waals surface area contributed by atoms with Crippen LogP contribution in [-0.4, -0.2) is 12.6 Å². The van der Waals surface area contributed by atoms with Gasteiger partial charge in [-0.1, -0.05) is 24.3 Å². The topological polar surface area (TPSA) is 33.0 Å². The van der Waals surface area contributed by atoms with Crippen LogP contribution < -0.4 is 10.5 Å². The Hall–Kier alpha value is -1.28. The van der Waals surface area contributed by atoms with Gasteiger partial charge in [0.1, 0.15) is 11.9 Å². The van der Waals surface area contributed by atoms with Crippen LogP contribution in [-0.2, 0) is 0 Å². The summed E-state index contributed by atoms with van der Waals surface area (Å²) in [7, 11) is 0.